The molecule has 1 fully saturated rings. The van der Waals surface area contributed by atoms with Gasteiger partial charge in [-0.05, 0) is 49.9 Å². The number of hydrogen-bond acceptors (Lipinski definition) is 6. The summed E-state index contributed by atoms with van der Waals surface area (Å²) < 4.78 is 7.24. The number of aryl methyl sites for hydroxylation is 2. The fraction of sp³-hybridized carbons (Fsp3) is 0.444. The van der Waals surface area contributed by atoms with Crippen LogP contribution in [0.3, 0.4) is 0 Å². The Hall–Kier alpha value is -2.68. The molecule has 0 atom stereocenters. The standard InChI is InChI=1S/C27H34N4O3S/c1-20-8-5-9-21(2)25(20)29-24(32)12-6-19-35-27-28-23-11-4-3-10-22(23)26(33)31(27)14-7-13-30-15-17-34-18-16-30/h3-5,8-11H,6-7,12-19H2,1-2H3,(H,29,32). The zero-order valence-electron chi connectivity index (χ0n) is 20.6. The summed E-state index contributed by atoms with van der Waals surface area (Å²) in [5.74, 6) is 0.728. The molecule has 2 aromatic carbocycles. The van der Waals surface area contributed by atoms with E-state index in [9.17, 15) is 9.59 Å². The zero-order chi connectivity index (χ0) is 24.6. The first-order chi connectivity index (χ1) is 17.0. The van der Waals surface area contributed by atoms with Crippen LogP contribution in [0.4, 0.5) is 5.69 Å². The molecule has 186 valence electrons. The molecule has 35 heavy (non-hydrogen) atoms. The number of nitrogens with one attached hydrogen (secondary N) is 1. The molecule has 0 unspecified atom stereocenters. The van der Waals surface area contributed by atoms with E-state index >= 15 is 0 Å². The lowest BCUT2D eigenvalue weighted by Crippen LogP contribution is -2.37. The Bertz CT molecular complexity index is 1200. The predicted octanol–water partition coefficient (Wildman–Crippen LogP) is 4.25. The Morgan fingerprint density at radius 1 is 1.03 bits per heavy atom. The van der Waals surface area contributed by atoms with E-state index in [0.29, 0.717) is 30.5 Å². The van der Waals surface area contributed by atoms with E-state index in [1.54, 1.807) is 11.8 Å². The molecule has 7 nitrogen and oxygen atoms in total. The monoisotopic (exact) mass is 494 g/mol. The number of nitrogens with zero attached hydrogens (tertiary/aromatic N) is 3. The molecule has 3 aromatic rings. The number of anilines is 1. The van der Waals surface area contributed by atoms with Crippen molar-refractivity contribution < 1.29 is 9.53 Å². The van der Waals surface area contributed by atoms with Crippen molar-refractivity contribution in [2.75, 3.05) is 43.9 Å². The molecule has 0 aliphatic carbocycles. The van der Waals surface area contributed by atoms with Crippen molar-refractivity contribution in [3.8, 4) is 0 Å². The largest absolute Gasteiger partial charge is 0.379 e. The van der Waals surface area contributed by atoms with Crippen LogP contribution >= 0.6 is 11.8 Å². The van der Waals surface area contributed by atoms with Gasteiger partial charge in [-0.1, -0.05) is 42.1 Å². The van der Waals surface area contributed by atoms with Crippen molar-refractivity contribution in [3.63, 3.8) is 0 Å². The number of rotatable bonds is 10. The average Bonchev–Trinajstić information content (AvgIpc) is 2.86. The fourth-order valence-electron chi connectivity index (χ4n) is 4.34. The molecular weight excluding hydrogens is 460 g/mol. The molecular formula is C27H34N4O3S. The Morgan fingerprint density at radius 2 is 1.77 bits per heavy atom. The van der Waals surface area contributed by atoms with Gasteiger partial charge in [-0.25, -0.2) is 4.98 Å². The maximum absolute atomic E-state index is 13.3. The Morgan fingerprint density at radius 3 is 2.54 bits per heavy atom. The van der Waals surface area contributed by atoms with Gasteiger partial charge in [0.2, 0.25) is 5.91 Å². The predicted molar refractivity (Wildman–Crippen MR) is 142 cm³/mol. The summed E-state index contributed by atoms with van der Waals surface area (Å²) in [6.45, 7) is 9.00. The number of amides is 1. The van der Waals surface area contributed by atoms with Crippen LogP contribution in [0.25, 0.3) is 10.9 Å². The van der Waals surface area contributed by atoms with E-state index in [-0.39, 0.29) is 11.5 Å². The second-order valence-electron chi connectivity index (χ2n) is 8.94. The lowest BCUT2D eigenvalue weighted by atomic mass is 10.1. The third-order valence-corrected chi connectivity index (χ3v) is 7.37. The number of aromatic nitrogens is 2. The quantitative estimate of drug-likeness (QED) is 0.258. The van der Waals surface area contributed by atoms with Gasteiger partial charge in [0.15, 0.2) is 5.16 Å². The molecule has 1 amide bonds. The van der Waals surface area contributed by atoms with Gasteiger partial charge >= 0.3 is 0 Å². The number of fused-ring (bicyclic) bond motifs is 1. The smallest absolute Gasteiger partial charge is 0.262 e. The topological polar surface area (TPSA) is 76.5 Å². The molecule has 0 spiro atoms. The highest BCUT2D eigenvalue weighted by atomic mass is 32.2. The maximum atomic E-state index is 13.3. The van der Waals surface area contributed by atoms with Gasteiger partial charge in [-0.3, -0.25) is 19.1 Å². The van der Waals surface area contributed by atoms with Gasteiger partial charge in [0.05, 0.1) is 24.1 Å². The van der Waals surface area contributed by atoms with Gasteiger partial charge in [-0.2, -0.15) is 0 Å². The molecule has 1 aromatic heterocycles. The number of ether oxygens (including phenoxy) is 1. The first-order valence-electron chi connectivity index (χ1n) is 12.3. The second-order valence-corrected chi connectivity index (χ2v) is 10.0. The number of benzene rings is 2. The third kappa shape index (κ3) is 6.72. The minimum atomic E-state index is 0.00727. The van der Waals surface area contributed by atoms with Gasteiger partial charge in [0, 0.05) is 44.0 Å². The van der Waals surface area contributed by atoms with E-state index < -0.39 is 0 Å². The molecule has 0 bridgehead atoms. The number of carbonyl (C=O) groups excluding carboxylic acids is 1. The lowest BCUT2D eigenvalue weighted by Gasteiger charge is -2.26. The molecule has 1 aliphatic heterocycles. The summed E-state index contributed by atoms with van der Waals surface area (Å²) in [5, 5.41) is 4.43. The SMILES string of the molecule is Cc1cccc(C)c1NC(=O)CCCSc1nc2ccccc2c(=O)n1CCCN1CCOCC1. The van der Waals surface area contributed by atoms with Crippen LogP contribution in [-0.4, -0.2) is 59.0 Å². The van der Waals surface area contributed by atoms with E-state index in [2.05, 4.69) is 10.2 Å². The Labute approximate surface area is 210 Å². The normalized spacial score (nSPS) is 14.3. The van der Waals surface area contributed by atoms with Gasteiger partial charge in [0.25, 0.3) is 5.56 Å². The summed E-state index contributed by atoms with van der Waals surface area (Å²) >= 11 is 1.55. The highest BCUT2D eigenvalue weighted by Gasteiger charge is 2.14. The van der Waals surface area contributed by atoms with Crippen LogP contribution in [0.5, 0.6) is 0 Å². The number of carbonyl (C=O) groups is 1. The fourth-order valence-corrected chi connectivity index (χ4v) is 5.31. The highest BCUT2D eigenvalue weighted by molar-refractivity contribution is 7.99. The van der Waals surface area contributed by atoms with Crippen molar-refractivity contribution >= 4 is 34.3 Å². The maximum Gasteiger partial charge on any atom is 0.262 e. The number of hydrogen-bond donors (Lipinski definition) is 1. The summed E-state index contributed by atoms with van der Waals surface area (Å²) in [5.41, 5.74) is 3.75. The number of thioether (sulfide) groups is 1. The van der Waals surface area contributed by atoms with Crippen LogP contribution < -0.4 is 10.9 Å². The molecule has 8 heteroatoms. The van der Waals surface area contributed by atoms with Crippen LogP contribution in [-0.2, 0) is 16.1 Å². The second kappa shape index (κ2) is 12.3. The first-order valence-corrected chi connectivity index (χ1v) is 13.3. The third-order valence-electron chi connectivity index (χ3n) is 6.31. The van der Waals surface area contributed by atoms with Crippen LogP contribution in [0, 0.1) is 13.8 Å². The Balaban J connectivity index is 1.37. The van der Waals surface area contributed by atoms with Crippen molar-refractivity contribution in [2.45, 2.75) is 44.8 Å². The summed E-state index contributed by atoms with van der Waals surface area (Å²) in [7, 11) is 0. The van der Waals surface area contributed by atoms with Gasteiger partial charge < -0.3 is 10.1 Å². The van der Waals surface area contributed by atoms with Crippen LogP contribution in [0.1, 0.15) is 30.4 Å². The van der Waals surface area contributed by atoms with Crippen molar-refractivity contribution in [3.05, 3.63) is 63.9 Å². The molecule has 4 rings (SSSR count). The first kappa shape index (κ1) is 25.4. The minimum absolute atomic E-state index is 0.00727. The summed E-state index contributed by atoms with van der Waals surface area (Å²) in [6.07, 6.45) is 2.01. The zero-order valence-corrected chi connectivity index (χ0v) is 21.4. The minimum Gasteiger partial charge on any atom is -0.379 e. The molecule has 0 saturated carbocycles. The molecule has 1 N–H and O–H groups in total. The van der Waals surface area contributed by atoms with E-state index in [1.165, 1.54) is 0 Å². The molecule has 0 radical (unpaired) electrons. The summed E-state index contributed by atoms with van der Waals surface area (Å²) in [4.78, 5) is 32.9. The Kier molecular flexibility index (Phi) is 8.95. The lowest BCUT2D eigenvalue weighted by molar-refractivity contribution is -0.116. The molecule has 1 saturated heterocycles. The van der Waals surface area contributed by atoms with Gasteiger partial charge in [-0.15, -0.1) is 0 Å². The average molecular weight is 495 g/mol. The number of morpholine rings is 1. The van der Waals surface area contributed by atoms with E-state index in [4.69, 9.17) is 9.72 Å². The van der Waals surface area contributed by atoms with Crippen LogP contribution in [0.2, 0.25) is 0 Å². The number of para-hydroxylation sites is 2. The van der Waals surface area contributed by atoms with Crippen molar-refractivity contribution in [1.29, 1.82) is 0 Å². The summed E-state index contributed by atoms with van der Waals surface area (Å²) in [6, 6.07) is 13.5. The molecule has 2 heterocycles. The van der Waals surface area contributed by atoms with E-state index in [0.717, 1.165) is 66.8 Å². The van der Waals surface area contributed by atoms with Crippen LogP contribution in [0.15, 0.2) is 52.4 Å². The van der Waals surface area contributed by atoms with E-state index in [1.807, 2.05) is 60.9 Å². The highest BCUT2D eigenvalue weighted by Crippen LogP contribution is 2.22. The van der Waals surface area contributed by atoms with Crippen molar-refractivity contribution in [2.24, 2.45) is 0 Å². The van der Waals surface area contributed by atoms with Crippen molar-refractivity contribution in [1.82, 2.24) is 14.5 Å². The molecule has 1 aliphatic rings. The van der Waals surface area contributed by atoms with Gasteiger partial charge in [0.1, 0.15) is 0 Å².